The average Bonchev–Trinajstić information content (AvgIpc) is 2.07. The van der Waals surface area contributed by atoms with Crippen molar-refractivity contribution in [2.75, 3.05) is 15.9 Å². The predicted molar refractivity (Wildman–Crippen MR) is 56.5 cm³/mol. The minimum Gasteiger partial charge on any atom is -0.376 e. The number of hydrogen-bond acceptors (Lipinski definition) is 4. The molecule has 0 fully saturated rings. The summed E-state index contributed by atoms with van der Waals surface area (Å²) in [5, 5.41) is 3.07. The molecular formula is C7H10N2S2. The van der Waals surface area contributed by atoms with E-state index in [9.17, 15) is 0 Å². The van der Waals surface area contributed by atoms with Crippen molar-refractivity contribution in [1.82, 2.24) is 0 Å². The highest BCUT2D eigenvalue weighted by molar-refractivity contribution is 7.81. The van der Waals surface area contributed by atoms with Gasteiger partial charge < -0.3 is 10.0 Å². The smallest absolute Gasteiger partial charge is 0.0581 e. The van der Waals surface area contributed by atoms with Crippen LogP contribution < -0.4 is 10.0 Å². The van der Waals surface area contributed by atoms with Gasteiger partial charge in [-0.25, -0.2) is 0 Å². The largest absolute Gasteiger partial charge is 0.376 e. The average molecular weight is 186 g/mol. The minimum absolute atomic E-state index is 0.646. The van der Waals surface area contributed by atoms with Crippen LogP contribution in [0.4, 0.5) is 11.4 Å². The summed E-state index contributed by atoms with van der Waals surface area (Å²) in [6, 6.07) is 7.82. The summed E-state index contributed by atoms with van der Waals surface area (Å²) in [5.41, 5.74) is 2.05. The molecule has 0 heterocycles. The van der Waals surface area contributed by atoms with E-state index in [1.807, 2.05) is 24.3 Å². The molecule has 0 aromatic heterocycles. The number of thiol groups is 2. The van der Waals surface area contributed by atoms with Crippen LogP contribution >= 0.6 is 25.4 Å². The van der Waals surface area contributed by atoms with Gasteiger partial charge in [0.2, 0.25) is 0 Å². The topological polar surface area (TPSA) is 24.1 Å². The van der Waals surface area contributed by atoms with Gasteiger partial charge in [-0.05, 0) is 24.3 Å². The predicted octanol–water partition coefficient (Wildman–Crippen LogP) is 2.24. The van der Waals surface area contributed by atoms with E-state index in [1.165, 1.54) is 0 Å². The molecule has 0 radical (unpaired) electrons. The molecule has 60 valence electrons. The lowest BCUT2D eigenvalue weighted by Gasteiger charge is -2.03. The maximum atomic E-state index is 4.04. The first kappa shape index (κ1) is 8.62. The highest BCUT2D eigenvalue weighted by atomic mass is 32.1. The first-order valence-electron chi connectivity index (χ1n) is 3.21. The third-order valence-electron chi connectivity index (χ3n) is 1.30. The maximum absolute atomic E-state index is 4.04. The van der Waals surface area contributed by atoms with Crippen LogP contribution in [0, 0.1) is 0 Å². The fourth-order valence-electron chi connectivity index (χ4n) is 0.754. The van der Waals surface area contributed by atoms with Gasteiger partial charge in [0.1, 0.15) is 0 Å². The quantitative estimate of drug-likeness (QED) is 0.430. The Bertz CT molecular complexity index is 210. The molecule has 11 heavy (non-hydrogen) atoms. The van der Waals surface area contributed by atoms with Crippen LogP contribution in [0.1, 0.15) is 0 Å². The first-order chi connectivity index (χ1) is 5.36. The number of benzene rings is 1. The van der Waals surface area contributed by atoms with Gasteiger partial charge >= 0.3 is 0 Å². The Labute approximate surface area is 77.3 Å². The third-order valence-corrected chi connectivity index (χ3v) is 1.71. The zero-order valence-corrected chi connectivity index (χ0v) is 7.70. The lowest BCUT2D eigenvalue weighted by molar-refractivity contribution is 1.47. The Kier molecular flexibility index (Phi) is 3.45. The van der Waals surface area contributed by atoms with Gasteiger partial charge in [-0.1, -0.05) is 12.8 Å². The minimum atomic E-state index is 0.646. The lowest BCUT2D eigenvalue weighted by atomic mass is 10.3. The van der Waals surface area contributed by atoms with E-state index < -0.39 is 0 Å². The van der Waals surface area contributed by atoms with Gasteiger partial charge in [-0.3, -0.25) is 0 Å². The maximum Gasteiger partial charge on any atom is 0.0581 e. The van der Waals surface area contributed by atoms with E-state index in [0.717, 1.165) is 11.4 Å². The Hall–Kier alpha value is -0.480. The van der Waals surface area contributed by atoms with Gasteiger partial charge in [0.15, 0.2) is 0 Å². The van der Waals surface area contributed by atoms with Crippen molar-refractivity contribution in [1.29, 1.82) is 0 Å². The summed E-state index contributed by atoms with van der Waals surface area (Å²) in [4.78, 5) is 0. The van der Waals surface area contributed by atoms with Crippen molar-refractivity contribution in [2.45, 2.75) is 0 Å². The summed E-state index contributed by atoms with van der Waals surface area (Å²) in [7, 11) is 0. The monoisotopic (exact) mass is 186 g/mol. The molecule has 0 saturated heterocycles. The van der Waals surface area contributed by atoms with Gasteiger partial charge in [0.25, 0.3) is 0 Å². The second kappa shape index (κ2) is 4.41. The lowest BCUT2D eigenvalue weighted by Crippen LogP contribution is -1.93. The molecule has 1 rings (SSSR count). The van der Waals surface area contributed by atoms with Crippen LogP contribution in [0.15, 0.2) is 24.3 Å². The molecule has 2 N–H and O–H groups in total. The van der Waals surface area contributed by atoms with Crippen molar-refractivity contribution in [3.05, 3.63) is 24.3 Å². The van der Waals surface area contributed by atoms with Crippen LogP contribution in [0.5, 0.6) is 0 Å². The van der Waals surface area contributed by atoms with Crippen molar-refractivity contribution in [3.8, 4) is 0 Å². The standard InChI is InChI=1S/C7H10N2S2/c10-5-8-6-1-3-7(9-11)4-2-6/h1-4,8-11H,5H2. The SMILES string of the molecule is SCNc1ccc(NS)cc1. The molecule has 0 aliphatic heterocycles. The highest BCUT2D eigenvalue weighted by Crippen LogP contribution is 2.13. The van der Waals surface area contributed by atoms with E-state index in [1.54, 1.807) is 0 Å². The number of nitrogens with one attached hydrogen (secondary N) is 2. The molecule has 4 heteroatoms. The van der Waals surface area contributed by atoms with Crippen LogP contribution in [-0.4, -0.2) is 5.88 Å². The molecular weight excluding hydrogens is 176 g/mol. The molecule has 0 aliphatic rings. The molecule has 0 spiro atoms. The number of rotatable bonds is 3. The van der Waals surface area contributed by atoms with Crippen molar-refractivity contribution < 1.29 is 0 Å². The second-order valence-electron chi connectivity index (χ2n) is 2.02. The Morgan fingerprint density at radius 1 is 1.09 bits per heavy atom. The normalized spacial score (nSPS) is 9.27. The van der Waals surface area contributed by atoms with E-state index in [-0.39, 0.29) is 0 Å². The molecule has 0 saturated carbocycles. The van der Waals surface area contributed by atoms with Crippen molar-refractivity contribution in [3.63, 3.8) is 0 Å². The number of hydrogen-bond donors (Lipinski definition) is 4. The molecule has 0 atom stereocenters. The zero-order chi connectivity index (χ0) is 8.10. The molecule has 2 nitrogen and oxygen atoms in total. The Morgan fingerprint density at radius 2 is 1.64 bits per heavy atom. The Morgan fingerprint density at radius 3 is 2.09 bits per heavy atom. The van der Waals surface area contributed by atoms with Crippen LogP contribution in [0.3, 0.4) is 0 Å². The summed E-state index contributed by atoms with van der Waals surface area (Å²) in [6.07, 6.45) is 0. The molecule has 1 aromatic rings. The summed E-state index contributed by atoms with van der Waals surface area (Å²) in [5.74, 6) is 0.646. The second-order valence-corrected chi connectivity index (χ2v) is 2.56. The highest BCUT2D eigenvalue weighted by Gasteiger charge is 1.89. The molecule has 1 aromatic carbocycles. The fraction of sp³-hybridized carbons (Fsp3) is 0.143. The van der Waals surface area contributed by atoms with Crippen LogP contribution in [0.25, 0.3) is 0 Å². The van der Waals surface area contributed by atoms with Gasteiger partial charge in [-0.2, -0.15) is 12.6 Å². The van der Waals surface area contributed by atoms with E-state index in [4.69, 9.17) is 0 Å². The molecule has 0 bridgehead atoms. The molecule has 0 unspecified atom stereocenters. The summed E-state index contributed by atoms with van der Waals surface area (Å²) in [6.45, 7) is 0. The summed E-state index contributed by atoms with van der Waals surface area (Å²) < 4.78 is 2.74. The first-order valence-corrected chi connectivity index (χ1v) is 4.29. The molecule has 0 aliphatic carbocycles. The number of anilines is 2. The van der Waals surface area contributed by atoms with E-state index in [0.29, 0.717) is 5.88 Å². The van der Waals surface area contributed by atoms with Gasteiger partial charge in [0, 0.05) is 11.4 Å². The van der Waals surface area contributed by atoms with Crippen molar-refractivity contribution >= 4 is 36.8 Å². The van der Waals surface area contributed by atoms with Crippen molar-refractivity contribution in [2.24, 2.45) is 0 Å². The third kappa shape index (κ3) is 2.55. The fourth-order valence-corrected chi connectivity index (χ4v) is 1.09. The Balaban J connectivity index is 2.66. The molecule has 0 amide bonds. The zero-order valence-electron chi connectivity index (χ0n) is 5.91. The van der Waals surface area contributed by atoms with Crippen LogP contribution in [0.2, 0.25) is 0 Å². The van der Waals surface area contributed by atoms with E-state index >= 15 is 0 Å². The van der Waals surface area contributed by atoms with E-state index in [2.05, 4.69) is 35.5 Å². The van der Waals surface area contributed by atoms with Crippen LogP contribution in [-0.2, 0) is 0 Å². The van der Waals surface area contributed by atoms with Gasteiger partial charge in [0.05, 0.1) is 5.88 Å². The summed E-state index contributed by atoms with van der Waals surface area (Å²) >= 11 is 7.95. The van der Waals surface area contributed by atoms with Gasteiger partial charge in [-0.15, -0.1) is 0 Å².